The maximum absolute atomic E-state index is 5.29. The van der Waals surface area contributed by atoms with E-state index in [0.29, 0.717) is 0 Å². The van der Waals surface area contributed by atoms with Crippen LogP contribution in [0.1, 0.15) is 12.7 Å². The van der Waals surface area contributed by atoms with Crippen molar-refractivity contribution >= 4 is 33.1 Å². The molecule has 6 nitrogen and oxygen atoms in total. The molecule has 0 bridgehead atoms. The summed E-state index contributed by atoms with van der Waals surface area (Å²) in [5, 5.41) is 9.90. The highest BCUT2D eigenvalue weighted by atomic mass is 32.1. The zero-order chi connectivity index (χ0) is 17.6. The summed E-state index contributed by atoms with van der Waals surface area (Å²) in [7, 11) is 3.29. The second kappa shape index (κ2) is 8.02. The standard InChI is InChI=1S/C18H22N4O2S/c1-4-16-21-17(15-5-8-25-18(15)22-16)20-7-6-19-12-9-13(23-2)11-14(10-12)24-3/h5,8-11,19H,4,6-7H2,1-3H3,(H,20,21,22). The smallest absolute Gasteiger partial charge is 0.138 e. The molecule has 0 saturated heterocycles. The van der Waals surface area contributed by atoms with Crippen molar-refractivity contribution in [1.29, 1.82) is 0 Å². The Balaban J connectivity index is 1.63. The first-order valence-corrected chi connectivity index (χ1v) is 9.06. The van der Waals surface area contributed by atoms with Gasteiger partial charge in [0.25, 0.3) is 0 Å². The maximum atomic E-state index is 5.29. The van der Waals surface area contributed by atoms with E-state index in [9.17, 15) is 0 Å². The lowest BCUT2D eigenvalue weighted by atomic mass is 10.2. The van der Waals surface area contributed by atoms with Gasteiger partial charge in [-0.05, 0) is 11.4 Å². The number of nitrogens with zero attached hydrogens (tertiary/aromatic N) is 2. The molecule has 0 saturated carbocycles. The zero-order valence-corrected chi connectivity index (χ0v) is 15.4. The lowest BCUT2D eigenvalue weighted by Crippen LogP contribution is -2.15. The van der Waals surface area contributed by atoms with Crippen molar-refractivity contribution in [1.82, 2.24) is 9.97 Å². The van der Waals surface area contributed by atoms with E-state index >= 15 is 0 Å². The summed E-state index contributed by atoms with van der Waals surface area (Å²) in [6.07, 6.45) is 0.824. The Bertz CT molecular complexity index is 828. The SMILES string of the molecule is CCc1nc(NCCNc2cc(OC)cc(OC)c2)c2ccsc2n1. The van der Waals surface area contributed by atoms with Gasteiger partial charge >= 0.3 is 0 Å². The summed E-state index contributed by atoms with van der Waals surface area (Å²) in [6, 6.07) is 7.80. The molecule has 0 radical (unpaired) electrons. The Morgan fingerprint density at radius 2 is 1.72 bits per heavy atom. The Morgan fingerprint density at radius 3 is 2.40 bits per heavy atom. The molecule has 132 valence electrons. The molecule has 3 rings (SSSR count). The second-order valence-electron chi connectivity index (χ2n) is 5.44. The molecule has 0 atom stereocenters. The van der Waals surface area contributed by atoms with Crippen LogP contribution in [0, 0.1) is 0 Å². The molecular weight excluding hydrogens is 336 g/mol. The van der Waals surface area contributed by atoms with E-state index in [1.54, 1.807) is 25.6 Å². The van der Waals surface area contributed by atoms with Crippen molar-refractivity contribution in [3.8, 4) is 11.5 Å². The second-order valence-corrected chi connectivity index (χ2v) is 6.33. The third-order valence-electron chi connectivity index (χ3n) is 3.79. The molecule has 25 heavy (non-hydrogen) atoms. The van der Waals surface area contributed by atoms with Crippen molar-refractivity contribution in [2.45, 2.75) is 13.3 Å². The molecule has 2 N–H and O–H groups in total. The number of ether oxygens (including phenoxy) is 2. The minimum absolute atomic E-state index is 0.741. The number of benzene rings is 1. The van der Waals surface area contributed by atoms with Crippen LogP contribution in [0.5, 0.6) is 11.5 Å². The summed E-state index contributed by atoms with van der Waals surface area (Å²) in [6.45, 7) is 3.55. The van der Waals surface area contributed by atoms with Crippen LogP contribution in [0.2, 0.25) is 0 Å². The van der Waals surface area contributed by atoms with Gasteiger partial charge in [0.15, 0.2) is 0 Å². The van der Waals surface area contributed by atoms with Crippen LogP contribution in [0.4, 0.5) is 11.5 Å². The predicted molar refractivity (Wildman–Crippen MR) is 103 cm³/mol. The van der Waals surface area contributed by atoms with Crippen LogP contribution >= 0.6 is 11.3 Å². The summed E-state index contributed by atoms with van der Waals surface area (Å²) >= 11 is 1.64. The van der Waals surface area contributed by atoms with Crippen LogP contribution in [0.15, 0.2) is 29.6 Å². The average molecular weight is 358 g/mol. The number of hydrogen-bond acceptors (Lipinski definition) is 7. The summed E-state index contributed by atoms with van der Waals surface area (Å²) in [4.78, 5) is 10.2. The van der Waals surface area contributed by atoms with Gasteiger partial charge in [-0.2, -0.15) is 0 Å². The summed E-state index contributed by atoms with van der Waals surface area (Å²) < 4.78 is 10.6. The van der Waals surface area contributed by atoms with E-state index in [1.807, 2.05) is 23.6 Å². The molecular formula is C18H22N4O2S. The number of nitrogens with one attached hydrogen (secondary N) is 2. The van der Waals surface area contributed by atoms with E-state index in [-0.39, 0.29) is 0 Å². The molecule has 0 amide bonds. The quantitative estimate of drug-likeness (QED) is 0.597. The number of methoxy groups -OCH3 is 2. The number of thiophene rings is 1. The molecule has 2 aromatic heterocycles. The van der Waals surface area contributed by atoms with Gasteiger partial charge in [0.05, 0.1) is 19.6 Å². The van der Waals surface area contributed by atoms with Gasteiger partial charge in [0, 0.05) is 43.4 Å². The van der Waals surface area contributed by atoms with Crippen molar-refractivity contribution < 1.29 is 9.47 Å². The fourth-order valence-electron chi connectivity index (χ4n) is 2.49. The van der Waals surface area contributed by atoms with Crippen LogP contribution in [0.25, 0.3) is 10.2 Å². The van der Waals surface area contributed by atoms with Gasteiger partial charge in [-0.15, -0.1) is 11.3 Å². The molecule has 3 aromatic rings. The van der Waals surface area contributed by atoms with Crippen molar-refractivity contribution in [3.63, 3.8) is 0 Å². The Hall–Kier alpha value is -2.54. The third kappa shape index (κ3) is 4.11. The highest BCUT2D eigenvalue weighted by Gasteiger charge is 2.07. The lowest BCUT2D eigenvalue weighted by Gasteiger charge is -2.12. The minimum atomic E-state index is 0.741. The van der Waals surface area contributed by atoms with Crippen molar-refractivity contribution in [3.05, 3.63) is 35.5 Å². The number of aromatic nitrogens is 2. The van der Waals surface area contributed by atoms with Gasteiger partial charge in [-0.3, -0.25) is 0 Å². The first-order chi connectivity index (χ1) is 12.2. The molecule has 0 aliphatic heterocycles. The maximum Gasteiger partial charge on any atom is 0.138 e. The fourth-order valence-corrected chi connectivity index (χ4v) is 3.27. The molecule has 0 aliphatic rings. The third-order valence-corrected chi connectivity index (χ3v) is 4.59. The van der Waals surface area contributed by atoms with Gasteiger partial charge in [-0.1, -0.05) is 6.92 Å². The summed E-state index contributed by atoms with van der Waals surface area (Å²) in [5.74, 6) is 3.28. The average Bonchev–Trinajstić information content (AvgIpc) is 3.13. The fraction of sp³-hybridized carbons (Fsp3) is 0.333. The van der Waals surface area contributed by atoms with E-state index in [0.717, 1.165) is 58.6 Å². The van der Waals surface area contributed by atoms with Gasteiger partial charge in [0.1, 0.15) is 28.0 Å². The minimum Gasteiger partial charge on any atom is -0.497 e. The molecule has 7 heteroatoms. The number of anilines is 2. The molecule has 1 aromatic carbocycles. The lowest BCUT2D eigenvalue weighted by molar-refractivity contribution is 0.394. The molecule has 0 fully saturated rings. The normalized spacial score (nSPS) is 10.7. The first-order valence-electron chi connectivity index (χ1n) is 8.18. The van der Waals surface area contributed by atoms with E-state index < -0.39 is 0 Å². The van der Waals surface area contributed by atoms with Crippen LogP contribution in [-0.4, -0.2) is 37.3 Å². The topological polar surface area (TPSA) is 68.3 Å². The Morgan fingerprint density at radius 1 is 1.00 bits per heavy atom. The largest absolute Gasteiger partial charge is 0.497 e. The Kier molecular flexibility index (Phi) is 5.55. The highest BCUT2D eigenvalue weighted by molar-refractivity contribution is 7.16. The first kappa shape index (κ1) is 17.3. The number of fused-ring (bicyclic) bond motifs is 1. The molecule has 0 aliphatic carbocycles. The van der Waals surface area contributed by atoms with E-state index in [1.165, 1.54) is 0 Å². The highest BCUT2D eigenvalue weighted by Crippen LogP contribution is 2.26. The number of aryl methyl sites for hydroxylation is 1. The van der Waals surface area contributed by atoms with Gasteiger partial charge in [0.2, 0.25) is 0 Å². The van der Waals surface area contributed by atoms with Crippen LogP contribution in [0.3, 0.4) is 0 Å². The van der Waals surface area contributed by atoms with E-state index in [4.69, 9.17) is 9.47 Å². The monoisotopic (exact) mass is 358 g/mol. The van der Waals surface area contributed by atoms with Crippen LogP contribution in [-0.2, 0) is 6.42 Å². The van der Waals surface area contributed by atoms with Gasteiger partial charge < -0.3 is 20.1 Å². The van der Waals surface area contributed by atoms with Crippen molar-refractivity contribution in [2.75, 3.05) is 37.9 Å². The summed E-state index contributed by atoms with van der Waals surface area (Å²) in [5.41, 5.74) is 0.954. The molecule has 0 unspecified atom stereocenters. The number of hydrogen-bond donors (Lipinski definition) is 2. The number of rotatable bonds is 8. The van der Waals surface area contributed by atoms with E-state index in [2.05, 4.69) is 33.6 Å². The predicted octanol–water partition coefficient (Wildman–Crippen LogP) is 3.79. The van der Waals surface area contributed by atoms with Crippen molar-refractivity contribution in [2.24, 2.45) is 0 Å². The van der Waals surface area contributed by atoms with Gasteiger partial charge in [-0.25, -0.2) is 9.97 Å². The zero-order valence-electron chi connectivity index (χ0n) is 14.6. The Labute approximate surface area is 151 Å². The van der Waals surface area contributed by atoms with Crippen LogP contribution < -0.4 is 20.1 Å². The molecule has 0 spiro atoms. The molecule has 2 heterocycles.